The second-order valence-corrected chi connectivity index (χ2v) is 4.35. The van der Waals surface area contributed by atoms with Crippen LogP contribution in [0.2, 0.25) is 0 Å². The van der Waals surface area contributed by atoms with E-state index in [0.717, 1.165) is 0 Å². The van der Waals surface area contributed by atoms with Gasteiger partial charge in [0.25, 0.3) is 5.82 Å². The van der Waals surface area contributed by atoms with Crippen LogP contribution < -0.4 is 11.1 Å². The molecule has 0 unspecified atom stereocenters. The van der Waals surface area contributed by atoms with Gasteiger partial charge in [0.15, 0.2) is 0 Å². The van der Waals surface area contributed by atoms with Crippen LogP contribution in [0.5, 0.6) is 0 Å². The molecular weight excluding hydrogens is 282 g/mol. The van der Waals surface area contributed by atoms with Crippen LogP contribution in [-0.4, -0.2) is 59.8 Å². The molecule has 124 valence electrons. The Morgan fingerprint density at radius 3 is 2.23 bits per heavy atom. The van der Waals surface area contributed by atoms with E-state index < -0.39 is 5.91 Å². The molecule has 1 aromatic heterocycles. The molecule has 0 bridgehead atoms. The lowest BCUT2D eigenvalue weighted by Gasteiger charge is -2.01. The van der Waals surface area contributed by atoms with Crippen molar-refractivity contribution in [3.8, 4) is 6.07 Å². The highest BCUT2D eigenvalue weighted by atomic mass is 16.1. The molecule has 1 aliphatic rings. The highest BCUT2D eigenvalue weighted by molar-refractivity contribution is 5.73. The first-order chi connectivity index (χ1) is 10.5. The highest BCUT2D eigenvalue weighted by Gasteiger charge is 2.03. The number of carbonyl (C=O) groups is 1. The Kier molecular flexibility index (Phi) is 15.2. The molecule has 1 aliphatic heterocycles. The van der Waals surface area contributed by atoms with Gasteiger partial charge in [0.05, 0.1) is 0 Å². The smallest absolute Gasteiger partial charge is 0.252 e. The van der Waals surface area contributed by atoms with E-state index in [0.29, 0.717) is 0 Å². The Labute approximate surface area is 132 Å². The number of nitriles is 1. The summed E-state index contributed by atoms with van der Waals surface area (Å²) in [5.41, 5.74) is 4.86. The second-order valence-electron chi connectivity index (χ2n) is 4.35. The molecule has 0 atom stereocenters. The molecule has 0 aromatic carbocycles. The van der Waals surface area contributed by atoms with E-state index in [4.69, 9.17) is 11.0 Å². The van der Waals surface area contributed by atoms with Gasteiger partial charge < -0.3 is 16.0 Å². The number of nitrogens with one attached hydrogen (secondary N) is 1. The molecule has 0 radical (unpaired) electrons. The lowest BCUT2D eigenvalue weighted by Crippen LogP contribution is -2.18. The summed E-state index contributed by atoms with van der Waals surface area (Å²) >= 11 is 0. The average molecular weight is 309 g/mol. The van der Waals surface area contributed by atoms with Crippen molar-refractivity contribution in [2.75, 3.05) is 34.2 Å². The summed E-state index contributed by atoms with van der Waals surface area (Å²) in [5, 5.41) is 14.6. The van der Waals surface area contributed by atoms with Gasteiger partial charge in [0, 0.05) is 0 Å². The number of amides is 1. The predicted octanol–water partition coefficient (Wildman–Crippen LogP) is -0.0151. The number of likely N-dealkylation sites (tertiary alicyclic amines) is 1. The van der Waals surface area contributed by atoms with E-state index in [2.05, 4.69) is 40.5 Å². The molecule has 2 heterocycles. The highest BCUT2D eigenvalue weighted by Crippen LogP contribution is 2.02. The number of aromatic nitrogens is 3. The van der Waals surface area contributed by atoms with Gasteiger partial charge in [0.2, 0.25) is 5.91 Å². The van der Waals surface area contributed by atoms with Crippen LogP contribution >= 0.6 is 0 Å². The van der Waals surface area contributed by atoms with Crippen molar-refractivity contribution < 1.29 is 4.79 Å². The Hall–Kier alpha value is -2.24. The molecule has 8 nitrogen and oxygen atoms in total. The molecular formula is C14H27N7O. The van der Waals surface area contributed by atoms with E-state index in [1.165, 1.54) is 36.9 Å². The molecule has 0 saturated carbocycles. The van der Waals surface area contributed by atoms with E-state index in [9.17, 15) is 4.79 Å². The van der Waals surface area contributed by atoms with Gasteiger partial charge in [-0.15, -0.1) is 18.3 Å². The summed E-state index contributed by atoms with van der Waals surface area (Å²) in [6.07, 6.45) is 4.11. The normalized spacial score (nSPS) is 12.5. The summed E-state index contributed by atoms with van der Waals surface area (Å²) in [6, 6.07) is 1.73. The van der Waals surface area contributed by atoms with Gasteiger partial charge in [-0.05, 0) is 47.1 Å². The third-order valence-electron chi connectivity index (χ3n) is 2.28. The number of hydrogen-bond donors (Lipinski definition) is 2. The number of nitrogens with zero attached hydrogens (tertiary/aromatic N) is 5. The van der Waals surface area contributed by atoms with Crippen molar-refractivity contribution >= 4 is 5.91 Å². The average Bonchev–Trinajstić information content (AvgIpc) is 3.13. The number of rotatable bonds is 2. The summed E-state index contributed by atoms with van der Waals surface area (Å²) in [7, 11) is 5.92. The Bertz CT molecular complexity index is 433. The molecule has 1 aromatic rings. The van der Waals surface area contributed by atoms with Gasteiger partial charge in [-0.25, -0.2) is 9.67 Å². The fourth-order valence-electron chi connectivity index (χ4n) is 1.46. The maximum atomic E-state index is 10.3. The van der Waals surface area contributed by atoms with Crippen LogP contribution in [0.1, 0.15) is 18.7 Å². The Balaban J connectivity index is 0. The largest absolute Gasteiger partial charge is 0.368 e. The van der Waals surface area contributed by atoms with Gasteiger partial charge in [-0.1, -0.05) is 0 Å². The molecule has 1 saturated heterocycles. The first-order valence-electron chi connectivity index (χ1n) is 6.88. The summed E-state index contributed by atoms with van der Waals surface area (Å²) in [4.78, 5) is 16.2. The second kappa shape index (κ2) is 15.2. The standard InChI is InChI=1S/C5H5N5O.C5H11N.C2H7N.C2H4/c6-1-5-8-3-10(9-5)2-4(7)11;1-6-4-2-3-5-6;1-3-2;1-2/h3H,2H2,(H2,7,11);2-5H2,1H3;3H,1-2H3;1-2H2. The van der Waals surface area contributed by atoms with Crippen LogP contribution in [0.4, 0.5) is 0 Å². The molecule has 0 aliphatic carbocycles. The van der Waals surface area contributed by atoms with Crippen molar-refractivity contribution in [3.63, 3.8) is 0 Å². The van der Waals surface area contributed by atoms with Crippen LogP contribution in [0.15, 0.2) is 19.5 Å². The molecule has 1 fully saturated rings. The van der Waals surface area contributed by atoms with Crippen LogP contribution in [-0.2, 0) is 11.3 Å². The summed E-state index contributed by atoms with van der Waals surface area (Å²) < 4.78 is 1.21. The van der Waals surface area contributed by atoms with E-state index >= 15 is 0 Å². The third-order valence-corrected chi connectivity index (χ3v) is 2.28. The molecule has 3 N–H and O–H groups in total. The number of hydrogen-bond acceptors (Lipinski definition) is 6. The number of carbonyl (C=O) groups excluding carboxylic acids is 1. The minimum Gasteiger partial charge on any atom is -0.368 e. The van der Waals surface area contributed by atoms with Crippen LogP contribution in [0, 0.1) is 11.3 Å². The van der Waals surface area contributed by atoms with Crippen molar-refractivity contribution in [3.05, 3.63) is 25.3 Å². The Morgan fingerprint density at radius 1 is 1.45 bits per heavy atom. The van der Waals surface area contributed by atoms with Crippen molar-refractivity contribution in [1.29, 1.82) is 5.26 Å². The van der Waals surface area contributed by atoms with E-state index in [1.54, 1.807) is 6.07 Å². The first-order valence-corrected chi connectivity index (χ1v) is 6.88. The Morgan fingerprint density at radius 2 is 1.95 bits per heavy atom. The molecule has 0 spiro atoms. The topological polar surface area (TPSA) is 113 Å². The number of nitrogens with two attached hydrogens (primary N) is 1. The maximum absolute atomic E-state index is 10.3. The van der Waals surface area contributed by atoms with Crippen LogP contribution in [0.25, 0.3) is 0 Å². The monoisotopic (exact) mass is 309 g/mol. The fraction of sp³-hybridized carbons (Fsp3) is 0.571. The quantitative estimate of drug-likeness (QED) is 0.743. The summed E-state index contributed by atoms with van der Waals surface area (Å²) in [5.74, 6) is -0.481. The zero-order chi connectivity index (χ0) is 17.4. The van der Waals surface area contributed by atoms with Gasteiger partial charge in [-0.2, -0.15) is 5.26 Å². The third kappa shape index (κ3) is 12.8. The lowest BCUT2D eigenvalue weighted by molar-refractivity contribution is -0.118. The van der Waals surface area contributed by atoms with Crippen molar-refractivity contribution in [1.82, 2.24) is 25.0 Å². The lowest BCUT2D eigenvalue weighted by atomic mass is 10.4. The van der Waals surface area contributed by atoms with Crippen molar-refractivity contribution in [2.45, 2.75) is 19.4 Å². The van der Waals surface area contributed by atoms with E-state index in [-0.39, 0.29) is 12.4 Å². The molecule has 22 heavy (non-hydrogen) atoms. The minimum absolute atomic E-state index is 0.0336. The molecule has 1 amide bonds. The maximum Gasteiger partial charge on any atom is 0.252 e. The zero-order valence-corrected chi connectivity index (χ0v) is 13.7. The molecule has 8 heteroatoms. The summed E-state index contributed by atoms with van der Waals surface area (Å²) in [6.45, 7) is 8.59. The van der Waals surface area contributed by atoms with Gasteiger partial charge in [0.1, 0.15) is 18.9 Å². The molecule has 2 rings (SSSR count). The van der Waals surface area contributed by atoms with E-state index in [1.807, 2.05) is 14.1 Å². The number of primary amides is 1. The van der Waals surface area contributed by atoms with Crippen LogP contribution in [0.3, 0.4) is 0 Å². The SMILES string of the molecule is C=C.CN1CCCC1.CNC.N#Cc1ncn(CC(N)=O)n1. The minimum atomic E-state index is -0.514. The van der Waals surface area contributed by atoms with Gasteiger partial charge >= 0.3 is 0 Å². The van der Waals surface area contributed by atoms with Gasteiger partial charge in [-0.3, -0.25) is 4.79 Å². The zero-order valence-electron chi connectivity index (χ0n) is 13.7. The first kappa shape index (κ1) is 22.0. The predicted molar refractivity (Wildman–Crippen MR) is 86.9 cm³/mol. The fourth-order valence-corrected chi connectivity index (χ4v) is 1.46. The van der Waals surface area contributed by atoms with Crippen molar-refractivity contribution in [2.24, 2.45) is 5.73 Å².